The van der Waals surface area contributed by atoms with Gasteiger partial charge in [0.05, 0.1) is 22.8 Å². The molecule has 0 bridgehead atoms. The van der Waals surface area contributed by atoms with Crippen LogP contribution in [0.2, 0.25) is 5.02 Å². The Labute approximate surface area is 109 Å². The van der Waals surface area contributed by atoms with Gasteiger partial charge in [-0.15, -0.1) is 0 Å². The van der Waals surface area contributed by atoms with Crippen molar-refractivity contribution in [1.82, 2.24) is 0 Å². The third-order valence-corrected chi connectivity index (χ3v) is 2.84. The Bertz CT molecular complexity index is 446. The van der Waals surface area contributed by atoms with Crippen LogP contribution in [0.5, 0.6) is 0 Å². The van der Waals surface area contributed by atoms with Crippen molar-refractivity contribution in [3.63, 3.8) is 0 Å². The maximum Gasteiger partial charge on any atom is 0.418 e. The lowest BCUT2D eigenvalue weighted by molar-refractivity contribution is -0.138. The fourth-order valence-corrected chi connectivity index (χ4v) is 2.02. The molecule has 0 heterocycles. The first-order valence-electron chi connectivity index (χ1n) is 4.51. The number of rotatable bonds is 2. The number of esters is 1. The second-order valence-corrected chi connectivity index (χ2v) is 4.26. The molecule has 0 atom stereocenters. The minimum Gasteiger partial charge on any atom is -0.462 e. The third-order valence-electron chi connectivity index (χ3n) is 1.87. The lowest BCUT2D eigenvalue weighted by Crippen LogP contribution is -2.16. The second-order valence-electron chi connectivity index (χ2n) is 3.00. The molecule has 0 aliphatic heterocycles. The van der Waals surface area contributed by atoms with Crippen molar-refractivity contribution < 1.29 is 22.7 Å². The molecule has 7 heteroatoms. The molecule has 0 aliphatic carbocycles. The number of hydrogen-bond donors (Lipinski definition) is 0. The van der Waals surface area contributed by atoms with Gasteiger partial charge < -0.3 is 4.74 Å². The van der Waals surface area contributed by atoms with Crippen molar-refractivity contribution in [2.45, 2.75) is 13.1 Å². The Hall–Kier alpha value is -0.750. The lowest BCUT2D eigenvalue weighted by atomic mass is 10.1. The summed E-state index contributed by atoms with van der Waals surface area (Å²) in [6, 6.07) is 2.33. The molecule has 1 aromatic carbocycles. The van der Waals surface area contributed by atoms with Gasteiger partial charge in [0.1, 0.15) is 0 Å². The van der Waals surface area contributed by atoms with Crippen LogP contribution in [-0.2, 0) is 10.9 Å². The Morgan fingerprint density at radius 1 is 1.47 bits per heavy atom. The highest BCUT2D eigenvalue weighted by Gasteiger charge is 2.39. The summed E-state index contributed by atoms with van der Waals surface area (Å²) in [5.41, 5.74) is -1.79. The van der Waals surface area contributed by atoms with E-state index in [1.807, 2.05) is 0 Å². The van der Waals surface area contributed by atoms with Crippen LogP contribution in [0, 0.1) is 0 Å². The van der Waals surface area contributed by atoms with E-state index in [1.54, 1.807) is 0 Å². The van der Waals surface area contributed by atoms with E-state index >= 15 is 0 Å². The molecule has 0 fully saturated rings. The number of hydrogen-bond acceptors (Lipinski definition) is 2. The number of benzene rings is 1. The topological polar surface area (TPSA) is 26.3 Å². The molecule has 0 amide bonds. The van der Waals surface area contributed by atoms with Crippen LogP contribution in [0.1, 0.15) is 22.8 Å². The van der Waals surface area contributed by atoms with Gasteiger partial charge in [-0.3, -0.25) is 0 Å². The monoisotopic (exact) mass is 330 g/mol. The molecule has 0 saturated carbocycles. The largest absolute Gasteiger partial charge is 0.462 e. The summed E-state index contributed by atoms with van der Waals surface area (Å²) in [4.78, 5) is 11.5. The molecule has 17 heavy (non-hydrogen) atoms. The zero-order valence-electron chi connectivity index (χ0n) is 8.57. The SMILES string of the molecule is CCOC(=O)c1c(Cl)ccc(Br)c1C(F)(F)F. The highest BCUT2D eigenvalue weighted by molar-refractivity contribution is 9.10. The van der Waals surface area contributed by atoms with Crippen molar-refractivity contribution in [3.8, 4) is 0 Å². The van der Waals surface area contributed by atoms with E-state index in [1.165, 1.54) is 13.0 Å². The molecule has 0 aliphatic rings. The number of halogens is 5. The summed E-state index contributed by atoms with van der Waals surface area (Å²) in [7, 11) is 0. The normalized spacial score (nSPS) is 11.4. The van der Waals surface area contributed by atoms with Crippen LogP contribution in [0.15, 0.2) is 16.6 Å². The molecule has 2 nitrogen and oxygen atoms in total. The minimum absolute atomic E-state index is 0.0288. The third kappa shape index (κ3) is 3.13. The first-order chi connectivity index (χ1) is 7.79. The van der Waals surface area contributed by atoms with Crippen molar-refractivity contribution in [2.24, 2.45) is 0 Å². The number of alkyl halides is 3. The van der Waals surface area contributed by atoms with Crippen LogP contribution in [-0.4, -0.2) is 12.6 Å². The summed E-state index contributed by atoms with van der Waals surface area (Å²) in [6.07, 6.45) is -4.69. The molecule has 0 aromatic heterocycles. The van der Waals surface area contributed by atoms with Gasteiger partial charge in [-0.05, 0) is 19.1 Å². The number of carbonyl (C=O) groups is 1. The standard InChI is InChI=1S/C10H7BrClF3O2/c1-2-17-9(16)7-6(12)4-3-5(11)8(7)10(13,14)15/h3-4H,2H2,1H3. The molecule has 1 aromatic rings. The summed E-state index contributed by atoms with van der Waals surface area (Å²) < 4.78 is 42.7. The summed E-state index contributed by atoms with van der Waals surface area (Å²) in [5, 5.41) is -0.293. The molecule has 0 saturated heterocycles. The quantitative estimate of drug-likeness (QED) is 0.755. The number of ether oxygens (including phenoxy) is 1. The van der Waals surface area contributed by atoms with Crippen molar-refractivity contribution >= 4 is 33.5 Å². The van der Waals surface area contributed by atoms with Crippen LogP contribution >= 0.6 is 27.5 Å². The van der Waals surface area contributed by atoms with E-state index in [2.05, 4.69) is 20.7 Å². The highest BCUT2D eigenvalue weighted by Crippen LogP contribution is 2.40. The number of carbonyl (C=O) groups excluding carboxylic acids is 1. The average molecular weight is 332 g/mol. The molecule has 0 spiro atoms. The van der Waals surface area contributed by atoms with Crippen molar-refractivity contribution in [1.29, 1.82) is 0 Å². The van der Waals surface area contributed by atoms with Crippen molar-refractivity contribution in [2.75, 3.05) is 6.61 Å². The molecule has 1 rings (SSSR count). The van der Waals surface area contributed by atoms with E-state index in [-0.39, 0.29) is 16.1 Å². The molecule has 0 unspecified atom stereocenters. The Balaban J connectivity index is 3.46. The van der Waals surface area contributed by atoms with E-state index < -0.39 is 23.3 Å². The minimum atomic E-state index is -4.69. The maximum absolute atomic E-state index is 12.8. The summed E-state index contributed by atoms with van der Waals surface area (Å²) in [6.45, 7) is 1.47. The van der Waals surface area contributed by atoms with Gasteiger partial charge >= 0.3 is 12.1 Å². The molecular formula is C10H7BrClF3O2. The van der Waals surface area contributed by atoms with Crippen molar-refractivity contribution in [3.05, 3.63) is 32.8 Å². The smallest absolute Gasteiger partial charge is 0.418 e. The van der Waals surface area contributed by atoms with E-state index in [9.17, 15) is 18.0 Å². The van der Waals surface area contributed by atoms with Gasteiger partial charge in [-0.25, -0.2) is 4.79 Å². The van der Waals surface area contributed by atoms with E-state index in [4.69, 9.17) is 11.6 Å². The van der Waals surface area contributed by atoms with Gasteiger partial charge in [0.25, 0.3) is 0 Å². The Kier molecular flexibility index (Phi) is 4.43. The first kappa shape index (κ1) is 14.3. The fraction of sp³-hybridized carbons (Fsp3) is 0.300. The Morgan fingerprint density at radius 2 is 2.06 bits per heavy atom. The Morgan fingerprint density at radius 3 is 2.53 bits per heavy atom. The summed E-state index contributed by atoms with van der Waals surface area (Å²) in [5.74, 6) is -1.09. The van der Waals surface area contributed by atoms with Gasteiger partial charge in [0.2, 0.25) is 0 Å². The maximum atomic E-state index is 12.8. The first-order valence-corrected chi connectivity index (χ1v) is 5.68. The lowest BCUT2D eigenvalue weighted by Gasteiger charge is -2.15. The van der Waals surface area contributed by atoms with Gasteiger partial charge in [-0.2, -0.15) is 13.2 Å². The van der Waals surface area contributed by atoms with Gasteiger partial charge in [0, 0.05) is 4.47 Å². The van der Waals surface area contributed by atoms with Crippen LogP contribution < -0.4 is 0 Å². The molecular weight excluding hydrogens is 324 g/mol. The molecule has 0 radical (unpaired) electrons. The van der Waals surface area contributed by atoms with E-state index in [0.29, 0.717) is 0 Å². The predicted molar refractivity (Wildman–Crippen MR) is 60.1 cm³/mol. The average Bonchev–Trinajstić information content (AvgIpc) is 2.19. The zero-order chi connectivity index (χ0) is 13.2. The second kappa shape index (κ2) is 5.27. The zero-order valence-corrected chi connectivity index (χ0v) is 10.9. The van der Waals surface area contributed by atoms with E-state index in [0.717, 1.165) is 6.07 Å². The predicted octanol–water partition coefficient (Wildman–Crippen LogP) is 4.30. The molecule has 0 N–H and O–H groups in total. The molecule has 94 valence electrons. The van der Waals surface area contributed by atoms with Crippen LogP contribution in [0.4, 0.5) is 13.2 Å². The van der Waals surface area contributed by atoms with Crippen LogP contribution in [0.25, 0.3) is 0 Å². The highest BCUT2D eigenvalue weighted by atomic mass is 79.9. The van der Waals surface area contributed by atoms with Crippen LogP contribution in [0.3, 0.4) is 0 Å². The summed E-state index contributed by atoms with van der Waals surface area (Å²) >= 11 is 8.37. The fourth-order valence-electron chi connectivity index (χ4n) is 1.23. The van der Waals surface area contributed by atoms with Gasteiger partial charge in [-0.1, -0.05) is 27.5 Å². The van der Waals surface area contributed by atoms with Gasteiger partial charge in [0.15, 0.2) is 0 Å².